The lowest BCUT2D eigenvalue weighted by molar-refractivity contribution is 0.0951. The van der Waals surface area contributed by atoms with Crippen molar-refractivity contribution in [1.82, 2.24) is 10.2 Å². The predicted molar refractivity (Wildman–Crippen MR) is 91.7 cm³/mol. The maximum absolute atomic E-state index is 12.2. The third kappa shape index (κ3) is 2.87. The fraction of sp³-hybridized carbons (Fsp3) is 0.316. The van der Waals surface area contributed by atoms with Crippen molar-refractivity contribution in [1.29, 1.82) is 0 Å². The Labute approximate surface area is 141 Å². The van der Waals surface area contributed by atoms with Crippen LogP contribution in [0.1, 0.15) is 27.4 Å². The summed E-state index contributed by atoms with van der Waals surface area (Å²) in [7, 11) is 0. The van der Waals surface area contributed by atoms with Crippen LogP contribution >= 0.6 is 11.6 Å². The van der Waals surface area contributed by atoms with E-state index in [0.29, 0.717) is 11.8 Å². The van der Waals surface area contributed by atoms with E-state index in [1.165, 1.54) is 11.1 Å². The SMILES string of the molecule is O=C1NC[C@@H]2CN(Cc3cccc(Cl)c3)C[C@@H]2c2ccccc21. The minimum atomic E-state index is 0.0661. The monoisotopic (exact) mass is 326 g/mol. The molecule has 0 unspecified atom stereocenters. The van der Waals surface area contributed by atoms with Gasteiger partial charge in [-0.15, -0.1) is 0 Å². The molecule has 0 saturated carbocycles. The molecular weight excluding hydrogens is 308 g/mol. The zero-order valence-corrected chi connectivity index (χ0v) is 13.6. The van der Waals surface area contributed by atoms with E-state index >= 15 is 0 Å². The molecule has 2 aliphatic heterocycles. The second-order valence-corrected chi connectivity index (χ2v) is 6.92. The van der Waals surface area contributed by atoms with Gasteiger partial charge < -0.3 is 5.32 Å². The third-order valence-electron chi connectivity index (χ3n) is 4.94. The number of benzene rings is 2. The summed E-state index contributed by atoms with van der Waals surface area (Å²) in [6, 6.07) is 16.1. The van der Waals surface area contributed by atoms with Crippen molar-refractivity contribution >= 4 is 17.5 Å². The molecule has 1 saturated heterocycles. The Morgan fingerprint density at radius 1 is 1.13 bits per heavy atom. The van der Waals surface area contributed by atoms with E-state index in [1.807, 2.05) is 36.4 Å². The van der Waals surface area contributed by atoms with Gasteiger partial charge in [-0.3, -0.25) is 9.69 Å². The fourth-order valence-corrected chi connectivity index (χ4v) is 4.10. The standard InChI is InChI=1S/C19H19ClN2O/c20-15-5-3-4-13(8-15)10-22-11-14-9-21-19(23)17-7-2-1-6-16(17)18(14)12-22/h1-8,14,18H,9-12H2,(H,21,23)/t14-,18+/m1/s1. The Morgan fingerprint density at radius 3 is 2.87 bits per heavy atom. The van der Waals surface area contributed by atoms with E-state index in [0.717, 1.165) is 36.8 Å². The number of hydrogen-bond acceptors (Lipinski definition) is 2. The molecule has 3 nitrogen and oxygen atoms in total. The van der Waals surface area contributed by atoms with Gasteiger partial charge in [-0.2, -0.15) is 0 Å². The second kappa shape index (κ2) is 5.99. The van der Waals surface area contributed by atoms with Gasteiger partial charge in [0.25, 0.3) is 5.91 Å². The maximum atomic E-state index is 12.2. The average Bonchev–Trinajstić information content (AvgIpc) is 2.90. The van der Waals surface area contributed by atoms with E-state index in [1.54, 1.807) is 0 Å². The quantitative estimate of drug-likeness (QED) is 0.918. The highest BCUT2D eigenvalue weighted by atomic mass is 35.5. The molecule has 2 aromatic rings. The normalized spacial score (nSPS) is 23.8. The molecule has 1 fully saturated rings. The van der Waals surface area contributed by atoms with Gasteiger partial charge in [0.15, 0.2) is 0 Å². The number of amides is 1. The first-order valence-corrected chi connectivity index (χ1v) is 8.42. The van der Waals surface area contributed by atoms with E-state index in [9.17, 15) is 4.79 Å². The van der Waals surface area contributed by atoms with Gasteiger partial charge in [0.1, 0.15) is 0 Å². The van der Waals surface area contributed by atoms with Crippen LogP contribution in [0.3, 0.4) is 0 Å². The van der Waals surface area contributed by atoms with Crippen LogP contribution in [0.5, 0.6) is 0 Å². The molecule has 4 heteroatoms. The number of nitrogens with zero attached hydrogens (tertiary/aromatic N) is 1. The number of nitrogens with one attached hydrogen (secondary N) is 1. The summed E-state index contributed by atoms with van der Waals surface area (Å²) >= 11 is 6.09. The van der Waals surface area contributed by atoms with Crippen molar-refractivity contribution in [3.63, 3.8) is 0 Å². The summed E-state index contributed by atoms with van der Waals surface area (Å²) in [5.41, 5.74) is 3.27. The average molecular weight is 327 g/mol. The van der Waals surface area contributed by atoms with Crippen LogP contribution in [0, 0.1) is 5.92 Å². The molecule has 0 aliphatic carbocycles. The lowest BCUT2D eigenvalue weighted by Gasteiger charge is -2.17. The Balaban J connectivity index is 1.57. The first kappa shape index (κ1) is 14.7. The zero-order valence-electron chi connectivity index (χ0n) is 12.8. The number of fused-ring (bicyclic) bond motifs is 3. The number of hydrogen-bond donors (Lipinski definition) is 1. The Bertz CT molecular complexity index is 746. The van der Waals surface area contributed by atoms with Crippen molar-refractivity contribution in [2.24, 2.45) is 5.92 Å². The van der Waals surface area contributed by atoms with Gasteiger partial charge in [0, 0.05) is 42.7 Å². The number of halogens is 1. The summed E-state index contributed by atoms with van der Waals surface area (Å²) in [5, 5.41) is 3.86. The fourth-order valence-electron chi connectivity index (χ4n) is 3.89. The minimum Gasteiger partial charge on any atom is -0.352 e. The van der Waals surface area contributed by atoms with Crippen molar-refractivity contribution in [2.75, 3.05) is 19.6 Å². The van der Waals surface area contributed by atoms with E-state index < -0.39 is 0 Å². The molecule has 2 aliphatic rings. The molecule has 2 atom stereocenters. The number of carbonyl (C=O) groups excluding carboxylic acids is 1. The molecule has 1 amide bonds. The highest BCUT2D eigenvalue weighted by Crippen LogP contribution is 2.36. The number of likely N-dealkylation sites (tertiary alicyclic amines) is 1. The van der Waals surface area contributed by atoms with Crippen LogP contribution < -0.4 is 5.32 Å². The van der Waals surface area contributed by atoms with Crippen LogP contribution in [0.2, 0.25) is 5.02 Å². The van der Waals surface area contributed by atoms with Crippen LogP contribution in [0.4, 0.5) is 0 Å². The summed E-state index contributed by atoms with van der Waals surface area (Å²) < 4.78 is 0. The van der Waals surface area contributed by atoms with Crippen LogP contribution in [-0.2, 0) is 6.54 Å². The first-order chi connectivity index (χ1) is 11.2. The summed E-state index contributed by atoms with van der Waals surface area (Å²) in [6.45, 7) is 3.66. The van der Waals surface area contributed by atoms with Crippen molar-refractivity contribution in [3.05, 3.63) is 70.2 Å². The van der Waals surface area contributed by atoms with Crippen LogP contribution in [0.25, 0.3) is 0 Å². The maximum Gasteiger partial charge on any atom is 0.251 e. The van der Waals surface area contributed by atoms with Gasteiger partial charge >= 0.3 is 0 Å². The summed E-state index contributed by atoms with van der Waals surface area (Å²) in [5.74, 6) is 0.961. The smallest absolute Gasteiger partial charge is 0.251 e. The van der Waals surface area contributed by atoms with Gasteiger partial charge in [-0.1, -0.05) is 41.9 Å². The molecule has 2 heterocycles. The number of carbonyl (C=O) groups is 1. The van der Waals surface area contributed by atoms with Crippen LogP contribution in [0.15, 0.2) is 48.5 Å². The largest absolute Gasteiger partial charge is 0.352 e. The predicted octanol–water partition coefficient (Wildman–Crippen LogP) is 3.30. The first-order valence-electron chi connectivity index (χ1n) is 8.04. The molecule has 0 bridgehead atoms. The molecular formula is C19H19ClN2O. The molecule has 23 heavy (non-hydrogen) atoms. The molecule has 4 rings (SSSR count). The Morgan fingerprint density at radius 2 is 2.00 bits per heavy atom. The van der Waals surface area contributed by atoms with Gasteiger partial charge in [0.2, 0.25) is 0 Å². The molecule has 0 spiro atoms. The number of rotatable bonds is 2. The van der Waals surface area contributed by atoms with E-state index in [2.05, 4.69) is 22.3 Å². The summed E-state index contributed by atoms with van der Waals surface area (Å²) in [4.78, 5) is 14.7. The molecule has 0 aromatic heterocycles. The van der Waals surface area contributed by atoms with Gasteiger partial charge in [-0.05, 0) is 35.2 Å². The minimum absolute atomic E-state index is 0.0661. The lowest BCUT2D eigenvalue weighted by atomic mass is 9.87. The molecule has 118 valence electrons. The van der Waals surface area contributed by atoms with Crippen LogP contribution in [-0.4, -0.2) is 30.4 Å². The lowest BCUT2D eigenvalue weighted by Crippen LogP contribution is -2.29. The molecule has 2 aromatic carbocycles. The zero-order chi connectivity index (χ0) is 15.8. The highest BCUT2D eigenvalue weighted by Gasteiger charge is 2.37. The van der Waals surface area contributed by atoms with Gasteiger partial charge in [0.05, 0.1) is 0 Å². The van der Waals surface area contributed by atoms with Crippen molar-refractivity contribution in [2.45, 2.75) is 12.5 Å². The van der Waals surface area contributed by atoms with E-state index in [-0.39, 0.29) is 5.91 Å². The van der Waals surface area contributed by atoms with E-state index in [4.69, 9.17) is 11.6 Å². The summed E-state index contributed by atoms with van der Waals surface area (Å²) in [6.07, 6.45) is 0. The highest BCUT2D eigenvalue weighted by molar-refractivity contribution is 6.30. The Hall–Kier alpha value is -1.84. The van der Waals surface area contributed by atoms with Crippen molar-refractivity contribution in [3.8, 4) is 0 Å². The molecule has 0 radical (unpaired) electrons. The third-order valence-corrected chi connectivity index (χ3v) is 5.18. The Kier molecular flexibility index (Phi) is 3.83. The second-order valence-electron chi connectivity index (χ2n) is 6.49. The topological polar surface area (TPSA) is 32.3 Å². The molecule has 1 N–H and O–H groups in total. The van der Waals surface area contributed by atoms with Crippen molar-refractivity contribution < 1.29 is 4.79 Å². The van der Waals surface area contributed by atoms with Gasteiger partial charge in [-0.25, -0.2) is 0 Å².